The average Bonchev–Trinajstić information content (AvgIpc) is 2.86. The zero-order valence-electron chi connectivity index (χ0n) is 16.4. The summed E-state index contributed by atoms with van der Waals surface area (Å²) in [5.41, 5.74) is 0.825. The van der Waals surface area contributed by atoms with E-state index in [0.29, 0.717) is 16.9 Å². The van der Waals surface area contributed by atoms with Crippen LogP contribution in [0.4, 0.5) is 11.4 Å². The van der Waals surface area contributed by atoms with Gasteiger partial charge in [0.2, 0.25) is 11.8 Å². The molecule has 2 bridgehead atoms. The summed E-state index contributed by atoms with van der Waals surface area (Å²) in [6, 6.07) is 15.9. The third kappa shape index (κ3) is 2.57. The Kier molecular flexibility index (Phi) is 4.14. The number of hydrogen-bond donors (Lipinski definition) is 1. The van der Waals surface area contributed by atoms with E-state index < -0.39 is 5.41 Å². The smallest absolute Gasteiger partial charge is 0.255 e. The predicted molar refractivity (Wildman–Crippen MR) is 108 cm³/mol. The van der Waals surface area contributed by atoms with Crippen LogP contribution in [0.2, 0.25) is 0 Å². The Morgan fingerprint density at radius 2 is 1.64 bits per heavy atom. The van der Waals surface area contributed by atoms with Gasteiger partial charge in [0, 0.05) is 17.2 Å². The van der Waals surface area contributed by atoms with Crippen molar-refractivity contribution in [2.75, 3.05) is 10.2 Å². The van der Waals surface area contributed by atoms with Gasteiger partial charge in [-0.1, -0.05) is 39.0 Å². The lowest BCUT2D eigenvalue weighted by Gasteiger charge is -2.47. The van der Waals surface area contributed by atoms with E-state index >= 15 is 0 Å². The molecule has 28 heavy (non-hydrogen) atoms. The van der Waals surface area contributed by atoms with Crippen LogP contribution in [-0.2, 0) is 9.59 Å². The minimum Gasteiger partial charge on any atom is -0.322 e. The van der Waals surface area contributed by atoms with E-state index in [4.69, 9.17) is 0 Å². The molecule has 1 aliphatic heterocycles. The van der Waals surface area contributed by atoms with Crippen LogP contribution >= 0.6 is 0 Å². The fourth-order valence-corrected chi connectivity index (χ4v) is 4.55. The summed E-state index contributed by atoms with van der Waals surface area (Å²) in [5, 5.41) is 2.83. The fourth-order valence-electron chi connectivity index (χ4n) is 4.55. The molecule has 0 aromatic heterocycles. The zero-order chi connectivity index (χ0) is 20.1. The number of nitrogens with zero attached hydrogens (tertiary/aromatic N) is 1. The highest BCUT2D eigenvalue weighted by molar-refractivity contribution is 6.20. The summed E-state index contributed by atoms with van der Waals surface area (Å²) in [6.45, 7) is 6.01. The fraction of sp³-hybridized carbons (Fsp3) is 0.348. The summed E-state index contributed by atoms with van der Waals surface area (Å²) >= 11 is 0. The second-order valence-corrected chi connectivity index (χ2v) is 8.49. The first-order valence-electron chi connectivity index (χ1n) is 9.60. The molecule has 0 radical (unpaired) electrons. The highest BCUT2D eigenvalue weighted by atomic mass is 16.2. The topological polar surface area (TPSA) is 66.5 Å². The van der Waals surface area contributed by atoms with E-state index in [0.717, 1.165) is 12.8 Å². The van der Waals surface area contributed by atoms with Crippen molar-refractivity contribution in [1.82, 2.24) is 0 Å². The van der Waals surface area contributed by atoms with E-state index in [-0.39, 0.29) is 29.1 Å². The normalized spacial score (nSPS) is 25.7. The van der Waals surface area contributed by atoms with Crippen LogP contribution in [0, 0.1) is 16.7 Å². The number of carbonyl (C=O) groups is 3. The van der Waals surface area contributed by atoms with E-state index in [1.807, 2.05) is 51.1 Å². The van der Waals surface area contributed by atoms with Crippen LogP contribution in [0.15, 0.2) is 54.6 Å². The minimum atomic E-state index is -0.547. The third-order valence-electron chi connectivity index (χ3n) is 6.84. The third-order valence-corrected chi connectivity index (χ3v) is 6.84. The molecular weight excluding hydrogens is 352 g/mol. The molecule has 0 unspecified atom stereocenters. The monoisotopic (exact) mass is 376 g/mol. The molecule has 0 spiro atoms. The van der Waals surface area contributed by atoms with Gasteiger partial charge in [0.05, 0.1) is 11.1 Å². The van der Waals surface area contributed by atoms with Crippen molar-refractivity contribution in [1.29, 1.82) is 0 Å². The Bertz CT molecular complexity index is 950. The van der Waals surface area contributed by atoms with Crippen LogP contribution in [0.1, 0.15) is 44.0 Å². The maximum atomic E-state index is 13.2. The Hall–Kier alpha value is -2.95. The standard InChI is InChI=1S/C23H24N2O3/c1-22(2)18-13-14-23(22,3)21(28)25(20(18)27)17-11-9-15(10-12-17)19(26)24-16-7-5-4-6-8-16/h4-12,18H,13-14H2,1-3H3,(H,24,26)/t18-,23+/m0/s1. The second kappa shape index (κ2) is 6.30. The van der Waals surface area contributed by atoms with E-state index in [1.165, 1.54) is 4.90 Å². The molecular formula is C23H24N2O3. The van der Waals surface area contributed by atoms with Crippen molar-refractivity contribution < 1.29 is 14.4 Å². The molecule has 1 N–H and O–H groups in total. The van der Waals surface area contributed by atoms with Crippen molar-refractivity contribution in [2.24, 2.45) is 16.7 Å². The quantitative estimate of drug-likeness (QED) is 0.814. The summed E-state index contributed by atoms with van der Waals surface area (Å²) in [5.74, 6) is -0.664. The van der Waals surface area contributed by atoms with E-state index in [2.05, 4.69) is 5.32 Å². The lowest BCUT2D eigenvalue weighted by molar-refractivity contribution is -0.146. The van der Waals surface area contributed by atoms with Crippen LogP contribution in [0.5, 0.6) is 0 Å². The Balaban J connectivity index is 1.58. The SMILES string of the molecule is CC1(C)[C@H]2CC[C@]1(C)C(=O)N(c1ccc(C(=O)Nc3ccccc3)cc1)C2=O. The first-order chi connectivity index (χ1) is 13.3. The number of anilines is 2. The number of nitrogens with one attached hydrogen (secondary N) is 1. The molecule has 2 fully saturated rings. The number of benzene rings is 2. The van der Waals surface area contributed by atoms with Crippen molar-refractivity contribution in [3.63, 3.8) is 0 Å². The first-order valence-corrected chi connectivity index (χ1v) is 9.60. The minimum absolute atomic E-state index is 0.133. The summed E-state index contributed by atoms with van der Waals surface area (Å²) < 4.78 is 0. The Morgan fingerprint density at radius 1 is 1.00 bits per heavy atom. The summed E-state index contributed by atoms with van der Waals surface area (Å²) in [7, 11) is 0. The number of amides is 3. The average molecular weight is 376 g/mol. The number of piperidine rings is 1. The summed E-state index contributed by atoms with van der Waals surface area (Å²) in [4.78, 5) is 40.0. The number of imide groups is 1. The molecule has 2 aromatic rings. The molecule has 2 aromatic carbocycles. The van der Waals surface area contributed by atoms with Gasteiger partial charge in [-0.15, -0.1) is 0 Å². The lowest BCUT2D eigenvalue weighted by Crippen LogP contribution is -2.59. The van der Waals surface area contributed by atoms with E-state index in [9.17, 15) is 14.4 Å². The number of fused-ring (bicyclic) bond motifs is 2. The van der Waals surface area contributed by atoms with Gasteiger partial charge in [0.1, 0.15) is 0 Å². The Labute approximate surface area is 164 Å². The highest BCUT2D eigenvalue weighted by Gasteiger charge is 2.64. The number of carbonyl (C=O) groups excluding carboxylic acids is 3. The van der Waals surface area contributed by atoms with E-state index in [1.54, 1.807) is 24.3 Å². The molecule has 5 heteroatoms. The molecule has 2 atom stereocenters. The van der Waals surface area contributed by atoms with Crippen molar-refractivity contribution in [2.45, 2.75) is 33.6 Å². The van der Waals surface area contributed by atoms with Gasteiger partial charge in [-0.2, -0.15) is 0 Å². The van der Waals surface area contributed by atoms with Gasteiger partial charge < -0.3 is 5.32 Å². The van der Waals surface area contributed by atoms with Gasteiger partial charge in [-0.05, 0) is 54.7 Å². The van der Waals surface area contributed by atoms with Crippen LogP contribution in [-0.4, -0.2) is 17.7 Å². The number of para-hydroxylation sites is 1. The number of rotatable bonds is 3. The maximum absolute atomic E-state index is 13.2. The highest BCUT2D eigenvalue weighted by Crippen LogP contribution is 2.60. The molecule has 1 saturated heterocycles. The molecule has 5 nitrogen and oxygen atoms in total. The van der Waals surface area contributed by atoms with Crippen LogP contribution in [0.25, 0.3) is 0 Å². The molecule has 2 aliphatic rings. The first kappa shape index (κ1) is 18.4. The molecule has 144 valence electrons. The Morgan fingerprint density at radius 3 is 2.29 bits per heavy atom. The van der Waals surface area contributed by atoms with Crippen molar-refractivity contribution in [3.8, 4) is 0 Å². The van der Waals surface area contributed by atoms with Gasteiger partial charge in [0.15, 0.2) is 0 Å². The van der Waals surface area contributed by atoms with Gasteiger partial charge >= 0.3 is 0 Å². The van der Waals surface area contributed by atoms with Crippen LogP contribution < -0.4 is 10.2 Å². The van der Waals surface area contributed by atoms with Crippen molar-refractivity contribution >= 4 is 29.1 Å². The zero-order valence-corrected chi connectivity index (χ0v) is 16.4. The predicted octanol–water partition coefficient (Wildman–Crippen LogP) is 4.25. The molecule has 4 rings (SSSR count). The maximum Gasteiger partial charge on any atom is 0.255 e. The molecule has 1 saturated carbocycles. The lowest BCUT2D eigenvalue weighted by atomic mass is 9.62. The van der Waals surface area contributed by atoms with Crippen molar-refractivity contribution in [3.05, 3.63) is 60.2 Å². The molecule has 3 amide bonds. The molecule has 1 heterocycles. The largest absolute Gasteiger partial charge is 0.322 e. The number of hydrogen-bond acceptors (Lipinski definition) is 3. The van der Waals surface area contributed by atoms with Crippen LogP contribution in [0.3, 0.4) is 0 Å². The second-order valence-electron chi connectivity index (χ2n) is 8.49. The summed E-state index contributed by atoms with van der Waals surface area (Å²) in [6.07, 6.45) is 1.46. The van der Waals surface area contributed by atoms with Gasteiger partial charge in [-0.25, -0.2) is 4.90 Å². The molecule has 1 aliphatic carbocycles. The van der Waals surface area contributed by atoms with Gasteiger partial charge in [0.25, 0.3) is 5.91 Å². The van der Waals surface area contributed by atoms with Gasteiger partial charge in [-0.3, -0.25) is 14.4 Å².